The maximum Gasteiger partial charge on any atom is 0.310 e. The second-order valence-electron chi connectivity index (χ2n) is 6.50. The van der Waals surface area contributed by atoms with Crippen LogP contribution in [0.3, 0.4) is 0 Å². The van der Waals surface area contributed by atoms with Crippen molar-refractivity contribution in [3.05, 3.63) is 24.3 Å². The second-order valence-corrected chi connectivity index (χ2v) is 7.65. The average molecular weight is 308 g/mol. The van der Waals surface area contributed by atoms with E-state index in [-0.39, 0.29) is 24.6 Å². The maximum absolute atomic E-state index is 12.3. The third-order valence-electron chi connectivity index (χ3n) is 5.39. The quantitative estimate of drug-likeness (QED) is 0.493. The Hall–Kier alpha value is -0.740. The summed E-state index contributed by atoms with van der Waals surface area (Å²) in [6, 6.07) is 0. The molecule has 1 aliphatic heterocycles. The molecular formula is C17H24O3S. The maximum atomic E-state index is 12.3. The van der Waals surface area contributed by atoms with Crippen molar-refractivity contribution in [3.63, 3.8) is 0 Å². The van der Waals surface area contributed by atoms with E-state index in [2.05, 4.69) is 13.2 Å². The number of hydrogen-bond donors (Lipinski definition) is 1. The fourth-order valence-electron chi connectivity index (χ4n) is 4.31. The fourth-order valence-corrected chi connectivity index (χ4v) is 5.25. The van der Waals surface area contributed by atoms with Gasteiger partial charge in [-0.15, -0.1) is 0 Å². The average Bonchev–Trinajstić information content (AvgIpc) is 2.94. The number of aliphatic hydroxyl groups excluding tert-OH is 1. The van der Waals surface area contributed by atoms with Gasteiger partial charge in [-0.05, 0) is 31.6 Å². The van der Waals surface area contributed by atoms with Gasteiger partial charge in [0.05, 0.1) is 12.5 Å². The molecule has 0 aromatic heterocycles. The van der Waals surface area contributed by atoms with Gasteiger partial charge in [-0.2, -0.15) is 11.8 Å². The van der Waals surface area contributed by atoms with Crippen LogP contribution in [0.15, 0.2) is 24.3 Å². The summed E-state index contributed by atoms with van der Waals surface area (Å²) in [5.41, 5.74) is 2.57. The molecule has 2 aliphatic carbocycles. The number of thioether (sulfide) groups is 1. The molecule has 116 valence electrons. The van der Waals surface area contributed by atoms with Gasteiger partial charge in [0, 0.05) is 23.3 Å². The lowest BCUT2D eigenvalue weighted by atomic mass is 9.80. The Morgan fingerprint density at radius 3 is 2.76 bits per heavy atom. The van der Waals surface area contributed by atoms with Gasteiger partial charge in [-0.1, -0.05) is 24.3 Å². The lowest BCUT2D eigenvalue weighted by Crippen LogP contribution is -2.30. The summed E-state index contributed by atoms with van der Waals surface area (Å²) in [5, 5.41) is 8.92. The van der Waals surface area contributed by atoms with Gasteiger partial charge in [0.15, 0.2) is 0 Å². The Balaban J connectivity index is 1.79. The van der Waals surface area contributed by atoms with Crippen LogP contribution in [0, 0.1) is 23.7 Å². The molecule has 0 amide bonds. The molecular weight excluding hydrogens is 284 g/mol. The SMILES string of the molecule is C=C1CC[C@H]2C(=C)CC[C@@H]3[C@H](OC(=O)[C@H]3CSCCO)[C@@H]12. The largest absolute Gasteiger partial charge is 0.461 e. The van der Waals surface area contributed by atoms with Crippen LogP contribution in [-0.2, 0) is 9.53 Å². The highest BCUT2D eigenvalue weighted by Crippen LogP contribution is 2.52. The molecule has 5 atom stereocenters. The third kappa shape index (κ3) is 2.68. The second kappa shape index (κ2) is 6.17. The molecule has 3 aliphatic rings. The van der Waals surface area contributed by atoms with Crippen molar-refractivity contribution in [1.82, 2.24) is 0 Å². The van der Waals surface area contributed by atoms with E-state index in [0.717, 1.165) is 31.4 Å². The Bertz CT molecular complexity index is 459. The highest BCUT2D eigenvalue weighted by molar-refractivity contribution is 7.99. The van der Waals surface area contributed by atoms with Crippen molar-refractivity contribution in [2.75, 3.05) is 18.1 Å². The van der Waals surface area contributed by atoms with Gasteiger partial charge in [0.25, 0.3) is 0 Å². The minimum atomic E-state index is -0.0404. The molecule has 0 spiro atoms. The van der Waals surface area contributed by atoms with Crippen LogP contribution in [0.4, 0.5) is 0 Å². The van der Waals surface area contributed by atoms with Gasteiger partial charge in [-0.25, -0.2) is 0 Å². The predicted molar refractivity (Wildman–Crippen MR) is 85.0 cm³/mol. The lowest BCUT2D eigenvalue weighted by molar-refractivity contribution is -0.145. The zero-order valence-electron chi connectivity index (χ0n) is 12.4. The van der Waals surface area contributed by atoms with Crippen molar-refractivity contribution in [2.45, 2.75) is 31.8 Å². The molecule has 0 radical (unpaired) electrons. The number of carbonyl (C=O) groups excluding carboxylic acids is 1. The summed E-state index contributed by atoms with van der Waals surface area (Å²) in [5.74, 6) is 2.44. The molecule has 0 bridgehead atoms. The van der Waals surface area contributed by atoms with Crippen molar-refractivity contribution < 1.29 is 14.6 Å². The van der Waals surface area contributed by atoms with E-state index in [4.69, 9.17) is 9.84 Å². The highest BCUT2D eigenvalue weighted by atomic mass is 32.2. The Labute approximate surface area is 130 Å². The predicted octanol–water partition coefficient (Wildman–Crippen LogP) is 2.80. The van der Waals surface area contributed by atoms with Crippen molar-refractivity contribution in [1.29, 1.82) is 0 Å². The van der Waals surface area contributed by atoms with Crippen molar-refractivity contribution in [3.8, 4) is 0 Å². The normalized spacial score (nSPS) is 38.9. The van der Waals surface area contributed by atoms with Gasteiger partial charge < -0.3 is 9.84 Å². The summed E-state index contributed by atoms with van der Waals surface area (Å²) in [4.78, 5) is 12.3. The molecule has 3 rings (SSSR count). The minimum Gasteiger partial charge on any atom is -0.461 e. The molecule has 3 nitrogen and oxygen atoms in total. The van der Waals surface area contributed by atoms with Crippen LogP contribution in [0.25, 0.3) is 0 Å². The number of hydrogen-bond acceptors (Lipinski definition) is 4. The lowest BCUT2D eigenvalue weighted by Gasteiger charge is -2.27. The van der Waals surface area contributed by atoms with Crippen molar-refractivity contribution in [2.24, 2.45) is 23.7 Å². The number of ether oxygens (including phenoxy) is 1. The van der Waals surface area contributed by atoms with Gasteiger partial charge >= 0.3 is 5.97 Å². The van der Waals surface area contributed by atoms with Crippen LogP contribution in [0.2, 0.25) is 0 Å². The molecule has 3 fully saturated rings. The van der Waals surface area contributed by atoms with Gasteiger partial charge in [-0.3, -0.25) is 4.79 Å². The van der Waals surface area contributed by atoms with Gasteiger partial charge in [0.2, 0.25) is 0 Å². The van der Waals surface area contributed by atoms with Crippen molar-refractivity contribution >= 4 is 17.7 Å². The zero-order valence-corrected chi connectivity index (χ0v) is 13.2. The highest BCUT2D eigenvalue weighted by Gasteiger charge is 2.53. The zero-order chi connectivity index (χ0) is 15.0. The summed E-state index contributed by atoms with van der Waals surface area (Å²) in [6.07, 6.45) is 4.18. The summed E-state index contributed by atoms with van der Waals surface area (Å²) in [6.45, 7) is 8.67. The van der Waals surface area contributed by atoms with Crippen LogP contribution in [0.5, 0.6) is 0 Å². The van der Waals surface area contributed by atoms with E-state index in [0.29, 0.717) is 23.5 Å². The number of aliphatic hydroxyl groups is 1. The van der Waals surface area contributed by atoms with Crippen LogP contribution in [0.1, 0.15) is 25.7 Å². The monoisotopic (exact) mass is 308 g/mol. The molecule has 2 saturated carbocycles. The first-order valence-electron chi connectivity index (χ1n) is 7.88. The molecule has 0 aromatic rings. The number of carbonyl (C=O) groups is 1. The van der Waals surface area contributed by atoms with Crippen LogP contribution in [-0.4, -0.2) is 35.3 Å². The number of rotatable bonds is 4. The summed E-state index contributed by atoms with van der Waals surface area (Å²) < 4.78 is 5.80. The summed E-state index contributed by atoms with van der Waals surface area (Å²) >= 11 is 1.65. The van der Waals surface area contributed by atoms with Crippen LogP contribution >= 0.6 is 11.8 Å². The Morgan fingerprint density at radius 1 is 1.24 bits per heavy atom. The fraction of sp³-hybridized carbons (Fsp3) is 0.706. The standard InChI is InChI=1S/C17H24O3S/c1-10-3-6-13-14(9-21-8-7-18)17(19)20-16(13)15-11(2)4-5-12(10)15/h12-16,18H,1-9H2/t12-,13-,14-,15-,16-/m0/s1. The molecule has 1 saturated heterocycles. The first-order chi connectivity index (χ1) is 10.1. The van der Waals surface area contributed by atoms with E-state index in [1.54, 1.807) is 11.8 Å². The third-order valence-corrected chi connectivity index (χ3v) is 6.45. The number of allylic oxidation sites excluding steroid dienone is 1. The van der Waals surface area contributed by atoms with Gasteiger partial charge in [0.1, 0.15) is 6.10 Å². The Kier molecular flexibility index (Phi) is 4.46. The van der Waals surface area contributed by atoms with E-state index in [9.17, 15) is 4.79 Å². The summed E-state index contributed by atoms with van der Waals surface area (Å²) in [7, 11) is 0. The van der Waals surface area contributed by atoms with Crippen LogP contribution < -0.4 is 0 Å². The van der Waals surface area contributed by atoms with E-state index in [1.807, 2.05) is 0 Å². The first-order valence-corrected chi connectivity index (χ1v) is 9.03. The number of fused-ring (bicyclic) bond motifs is 3. The molecule has 21 heavy (non-hydrogen) atoms. The van der Waals surface area contributed by atoms with E-state index < -0.39 is 0 Å². The molecule has 0 aromatic carbocycles. The molecule has 1 heterocycles. The van der Waals surface area contributed by atoms with E-state index in [1.165, 1.54) is 11.1 Å². The minimum absolute atomic E-state index is 0.0106. The first kappa shape index (κ1) is 15.2. The Morgan fingerprint density at radius 2 is 2.00 bits per heavy atom. The molecule has 0 unspecified atom stereocenters. The smallest absolute Gasteiger partial charge is 0.310 e. The number of esters is 1. The topological polar surface area (TPSA) is 46.5 Å². The molecule has 1 N–H and O–H groups in total. The molecule has 4 heteroatoms. The van der Waals surface area contributed by atoms with E-state index >= 15 is 0 Å².